The van der Waals surface area contributed by atoms with E-state index >= 15 is 0 Å². The standard InChI is InChI=1S/C7H7N5O3/c1-11-4(6(14)9-10-8)3-5(13)12(2)7(11)15/h3H,1-2H3. The quantitative estimate of drug-likeness (QED) is 0.354. The molecular formula is C7H7N5O3. The average Bonchev–Trinajstić information content (AvgIpc) is 2.20. The molecule has 78 valence electrons. The predicted molar refractivity (Wildman–Crippen MR) is 50.4 cm³/mol. The molecule has 1 aromatic rings. The maximum atomic E-state index is 11.4. The highest BCUT2D eigenvalue weighted by molar-refractivity contribution is 5.93. The van der Waals surface area contributed by atoms with E-state index in [1.165, 1.54) is 14.1 Å². The van der Waals surface area contributed by atoms with Gasteiger partial charge in [0, 0.05) is 25.1 Å². The molecule has 0 atom stereocenters. The average molecular weight is 209 g/mol. The molecule has 0 unspecified atom stereocenters. The first-order valence-corrected chi connectivity index (χ1v) is 3.85. The summed E-state index contributed by atoms with van der Waals surface area (Å²) in [6, 6.07) is 0.943. The Balaban J connectivity index is 3.60. The van der Waals surface area contributed by atoms with Crippen molar-refractivity contribution in [2.45, 2.75) is 0 Å². The van der Waals surface area contributed by atoms with E-state index < -0.39 is 17.2 Å². The second-order valence-electron chi connectivity index (χ2n) is 2.76. The molecule has 0 saturated heterocycles. The Hall–Kier alpha value is -2.34. The van der Waals surface area contributed by atoms with Crippen molar-refractivity contribution in [3.05, 3.63) is 43.0 Å². The van der Waals surface area contributed by atoms with Crippen molar-refractivity contribution in [2.24, 2.45) is 19.2 Å². The lowest BCUT2D eigenvalue weighted by Crippen LogP contribution is -2.38. The van der Waals surface area contributed by atoms with Crippen LogP contribution in [-0.4, -0.2) is 15.0 Å². The third-order valence-electron chi connectivity index (χ3n) is 1.88. The minimum absolute atomic E-state index is 0.235. The van der Waals surface area contributed by atoms with Gasteiger partial charge in [0.1, 0.15) is 5.69 Å². The van der Waals surface area contributed by atoms with Gasteiger partial charge >= 0.3 is 5.69 Å². The van der Waals surface area contributed by atoms with Gasteiger partial charge in [-0.2, -0.15) is 0 Å². The predicted octanol–water partition coefficient (Wildman–Crippen LogP) is -0.466. The molecule has 0 aliphatic heterocycles. The fraction of sp³-hybridized carbons (Fsp3) is 0.286. The van der Waals surface area contributed by atoms with Crippen LogP contribution in [0.5, 0.6) is 0 Å². The minimum Gasteiger partial charge on any atom is -0.293 e. The van der Waals surface area contributed by atoms with E-state index in [-0.39, 0.29) is 5.69 Å². The smallest absolute Gasteiger partial charge is 0.293 e. The van der Waals surface area contributed by atoms with Gasteiger partial charge in [0.15, 0.2) is 0 Å². The molecule has 1 rings (SSSR count). The molecule has 8 nitrogen and oxygen atoms in total. The van der Waals surface area contributed by atoms with Gasteiger partial charge < -0.3 is 0 Å². The summed E-state index contributed by atoms with van der Waals surface area (Å²) in [7, 11) is 2.59. The van der Waals surface area contributed by atoms with Crippen LogP contribution in [0, 0.1) is 0 Å². The maximum absolute atomic E-state index is 11.4. The van der Waals surface area contributed by atoms with Gasteiger partial charge in [-0.1, -0.05) is 0 Å². The van der Waals surface area contributed by atoms with Crippen LogP contribution in [0.1, 0.15) is 10.5 Å². The van der Waals surface area contributed by atoms with E-state index in [4.69, 9.17) is 5.53 Å². The monoisotopic (exact) mass is 209 g/mol. The SMILES string of the molecule is Cn1c(C(=O)N=[N+]=[N-])cc(=O)n(C)c1=O. The van der Waals surface area contributed by atoms with E-state index in [0.717, 1.165) is 15.2 Å². The lowest BCUT2D eigenvalue weighted by atomic mass is 10.4. The highest BCUT2D eigenvalue weighted by Crippen LogP contribution is 1.94. The van der Waals surface area contributed by atoms with Gasteiger partial charge in [-0.25, -0.2) is 4.79 Å². The first-order chi connectivity index (χ1) is 6.99. The summed E-state index contributed by atoms with van der Waals surface area (Å²) in [4.78, 5) is 36.0. The zero-order valence-corrected chi connectivity index (χ0v) is 8.04. The number of carbonyl (C=O) groups is 1. The van der Waals surface area contributed by atoms with E-state index in [0.29, 0.717) is 0 Å². The van der Waals surface area contributed by atoms with Crippen LogP contribution in [0.2, 0.25) is 0 Å². The number of carbonyl (C=O) groups excluding carboxylic acids is 1. The summed E-state index contributed by atoms with van der Waals surface area (Å²) >= 11 is 0. The van der Waals surface area contributed by atoms with Gasteiger partial charge in [0.05, 0.1) is 0 Å². The van der Waals surface area contributed by atoms with Crippen molar-refractivity contribution >= 4 is 5.91 Å². The molecule has 0 aliphatic carbocycles. The topological polar surface area (TPSA) is 110 Å². The zero-order valence-electron chi connectivity index (χ0n) is 8.04. The lowest BCUT2D eigenvalue weighted by molar-refractivity contribution is 0.0990. The molecule has 0 N–H and O–H groups in total. The fourth-order valence-corrected chi connectivity index (χ4v) is 1.03. The zero-order chi connectivity index (χ0) is 11.6. The lowest BCUT2D eigenvalue weighted by Gasteiger charge is -2.04. The molecule has 15 heavy (non-hydrogen) atoms. The Bertz CT molecular complexity index is 575. The number of nitrogens with zero attached hydrogens (tertiary/aromatic N) is 5. The molecular weight excluding hydrogens is 202 g/mol. The molecule has 0 saturated carbocycles. The van der Waals surface area contributed by atoms with Crippen LogP contribution in [0.25, 0.3) is 10.4 Å². The second-order valence-corrected chi connectivity index (χ2v) is 2.76. The van der Waals surface area contributed by atoms with Crippen molar-refractivity contribution in [3.8, 4) is 0 Å². The molecule has 0 bridgehead atoms. The number of hydrogen-bond acceptors (Lipinski definition) is 3. The molecule has 0 fully saturated rings. The van der Waals surface area contributed by atoms with E-state index in [2.05, 4.69) is 10.0 Å². The Morgan fingerprint density at radius 2 is 2.00 bits per heavy atom. The van der Waals surface area contributed by atoms with Gasteiger partial charge in [-0.3, -0.25) is 18.7 Å². The Labute approximate surface area is 83.0 Å². The van der Waals surface area contributed by atoms with Gasteiger partial charge in [-0.15, -0.1) is 0 Å². The van der Waals surface area contributed by atoms with Crippen molar-refractivity contribution in [1.29, 1.82) is 0 Å². The molecule has 8 heteroatoms. The summed E-state index contributed by atoms with van der Waals surface area (Å²) in [5.74, 6) is -0.963. The number of rotatable bonds is 1. The first-order valence-electron chi connectivity index (χ1n) is 3.85. The Morgan fingerprint density at radius 1 is 1.40 bits per heavy atom. The number of azide groups is 1. The van der Waals surface area contributed by atoms with E-state index in [1.54, 1.807) is 0 Å². The summed E-state index contributed by atoms with van der Waals surface area (Å²) in [5.41, 5.74) is 6.53. The number of aromatic nitrogens is 2. The summed E-state index contributed by atoms with van der Waals surface area (Å²) in [5, 5.41) is 2.80. The minimum atomic E-state index is -0.963. The molecule has 1 aromatic heterocycles. The summed E-state index contributed by atoms with van der Waals surface area (Å²) < 4.78 is 1.78. The maximum Gasteiger partial charge on any atom is 0.331 e. The highest BCUT2D eigenvalue weighted by atomic mass is 16.2. The molecule has 0 aromatic carbocycles. The van der Waals surface area contributed by atoms with Crippen LogP contribution in [0.4, 0.5) is 0 Å². The Kier molecular flexibility index (Phi) is 2.72. The van der Waals surface area contributed by atoms with Crippen molar-refractivity contribution in [3.63, 3.8) is 0 Å². The van der Waals surface area contributed by atoms with Crippen LogP contribution >= 0.6 is 0 Å². The van der Waals surface area contributed by atoms with E-state index in [9.17, 15) is 14.4 Å². The highest BCUT2D eigenvalue weighted by Gasteiger charge is 2.11. The van der Waals surface area contributed by atoms with Crippen LogP contribution < -0.4 is 11.2 Å². The van der Waals surface area contributed by atoms with Crippen molar-refractivity contribution in [2.75, 3.05) is 0 Å². The molecule has 0 aliphatic rings. The summed E-state index contributed by atoms with van der Waals surface area (Å²) in [6.45, 7) is 0. The number of hydrogen-bond donors (Lipinski definition) is 0. The van der Waals surface area contributed by atoms with Crippen LogP contribution in [-0.2, 0) is 14.1 Å². The van der Waals surface area contributed by atoms with Crippen molar-refractivity contribution < 1.29 is 4.79 Å². The molecule has 0 spiro atoms. The van der Waals surface area contributed by atoms with Crippen LogP contribution in [0.15, 0.2) is 20.8 Å². The third kappa shape index (κ3) is 1.79. The first kappa shape index (κ1) is 10.7. The van der Waals surface area contributed by atoms with Crippen LogP contribution in [0.3, 0.4) is 0 Å². The van der Waals surface area contributed by atoms with Gasteiger partial charge in [0.25, 0.3) is 11.5 Å². The molecule has 0 radical (unpaired) electrons. The Morgan fingerprint density at radius 3 is 2.53 bits per heavy atom. The largest absolute Gasteiger partial charge is 0.331 e. The number of amides is 1. The second kappa shape index (κ2) is 3.81. The van der Waals surface area contributed by atoms with E-state index in [1.807, 2.05) is 0 Å². The molecule has 1 amide bonds. The third-order valence-corrected chi connectivity index (χ3v) is 1.88. The fourth-order valence-electron chi connectivity index (χ4n) is 1.03. The van der Waals surface area contributed by atoms with Crippen molar-refractivity contribution in [1.82, 2.24) is 9.13 Å². The molecule has 1 heterocycles. The van der Waals surface area contributed by atoms with Gasteiger partial charge in [-0.05, 0) is 10.6 Å². The normalized spacial score (nSPS) is 9.47. The summed E-state index contributed by atoms with van der Waals surface area (Å²) in [6.07, 6.45) is 0. The van der Waals surface area contributed by atoms with Gasteiger partial charge in [0.2, 0.25) is 0 Å².